The molecule has 1 unspecified atom stereocenters. The predicted octanol–water partition coefficient (Wildman–Crippen LogP) is 2.89. The largest absolute Gasteiger partial charge is 0.468 e. The molecule has 0 aromatic heterocycles. The van der Waals surface area contributed by atoms with Gasteiger partial charge in [0.15, 0.2) is 0 Å². The molecule has 0 saturated heterocycles. The summed E-state index contributed by atoms with van der Waals surface area (Å²) >= 11 is 0. The van der Waals surface area contributed by atoms with Crippen LogP contribution in [0.5, 0.6) is 0 Å². The molecule has 0 aromatic carbocycles. The van der Waals surface area contributed by atoms with E-state index in [1.807, 2.05) is 6.92 Å². The molecule has 1 aliphatic carbocycles. The molecular formula is C14H27NO2. The Labute approximate surface area is 105 Å². The molecule has 0 radical (unpaired) electrons. The van der Waals surface area contributed by atoms with Gasteiger partial charge in [-0.1, -0.05) is 32.6 Å². The van der Waals surface area contributed by atoms with E-state index in [-0.39, 0.29) is 5.97 Å². The number of hydrogen-bond donors (Lipinski definition) is 1. The third-order valence-electron chi connectivity index (χ3n) is 3.64. The number of hydrogen-bond acceptors (Lipinski definition) is 3. The van der Waals surface area contributed by atoms with Gasteiger partial charge < -0.3 is 10.1 Å². The van der Waals surface area contributed by atoms with Crippen molar-refractivity contribution in [3.8, 4) is 0 Å². The highest BCUT2D eigenvalue weighted by atomic mass is 16.5. The summed E-state index contributed by atoms with van der Waals surface area (Å²) in [6.45, 7) is 5.14. The molecule has 0 heterocycles. The number of unbranched alkanes of at least 4 members (excludes halogenated alkanes) is 3. The quantitative estimate of drug-likeness (QED) is 0.498. The molecule has 1 rings (SSSR count). The molecule has 1 saturated carbocycles. The third-order valence-corrected chi connectivity index (χ3v) is 3.64. The molecule has 1 atom stereocenters. The van der Waals surface area contributed by atoms with Gasteiger partial charge in [-0.05, 0) is 38.6 Å². The maximum absolute atomic E-state index is 11.8. The zero-order chi connectivity index (χ0) is 12.7. The molecule has 0 bridgehead atoms. The van der Waals surface area contributed by atoms with Gasteiger partial charge in [0.1, 0.15) is 5.54 Å². The predicted molar refractivity (Wildman–Crippen MR) is 69.9 cm³/mol. The van der Waals surface area contributed by atoms with E-state index in [0.717, 1.165) is 25.3 Å². The lowest BCUT2D eigenvalue weighted by Crippen LogP contribution is -2.50. The lowest BCUT2D eigenvalue weighted by Gasteiger charge is -2.28. The van der Waals surface area contributed by atoms with Crippen molar-refractivity contribution in [3.05, 3.63) is 0 Å². The molecule has 100 valence electrons. The van der Waals surface area contributed by atoms with Crippen molar-refractivity contribution in [2.24, 2.45) is 5.92 Å². The lowest BCUT2D eigenvalue weighted by molar-refractivity contribution is -0.148. The van der Waals surface area contributed by atoms with Crippen LogP contribution in [0.1, 0.15) is 58.8 Å². The summed E-state index contributed by atoms with van der Waals surface area (Å²) in [4.78, 5) is 11.8. The van der Waals surface area contributed by atoms with E-state index in [1.165, 1.54) is 39.2 Å². The van der Waals surface area contributed by atoms with Crippen molar-refractivity contribution < 1.29 is 9.53 Å². The molecule has 0 aromatic rings. The van der Waals surface area contributed by atoms with Gasteiger partial charge in [-0.25, -0.2) is 0 Å². The topological polar surface area (TPSA) is 38.3 Å². The number of carbonyl (C=O) groups is 1. The molecule has 1 aliphatic rings. The molecule has 0 spiro atoms. The molecule has 17 heavy (non-hydrogen) atoms. The van der Waals surface area contributed by atoms with Crippen LogP contribution in [-0.2, 0) is 9.53 Å². The summed E-state index contributed by atoms with van der Waals surface area (Å²) < 4.78 is 4.92. The molecule has 1 fully saturated rings. The van der Waals surface area contributed by atoms with Gasteiger partial charge in [0.25, 0.3) is 0 Å². The fourth-order valence-corrected chi connectivity index (χ4v) is 2.08. The second-order valence-corrected chi connectivity index (χ2v) is 5.46. The minimum absolute atomic E-state index is 0.116. The number of rotatable bonds is 9. The number of nitrogens with one attached hydrogen (secondary N) is 1. The average Bonchev–Trinajstić information content (AvgIpc) is 3.15. The zero-order valence-electron chi connectivity index (χ0n) is 11.6. The Morgan fingerprint density at radius 3 is 2.59 bits per heavy atom. The van der Waals surface area contributed by atoms with Crippen molar-refractivity contribution in [2.45, 2.75) is 64.3 Å². The Kier molecular flexibility index (Phi) is 5.96. The zero-order valence-corrected chi connectivity index (χ0v) is 11.6. The first-order chi connectivity index (χ1) is 8.12. The SMILES string of the molecule is CCCCCCC(C)(NCC1CC1)C(=O)OC. The fourth-order valence-electron chi connectivity index (χ4n) is 2.08. The van der Waals surface area contributed by atoms with Crippen LogP contribution >= 0.6 is 0 Å². The summed E-state index contributed by atoms with van der Waals surface area (Å²) in [5.74, 6) is 0.671. The number of carbonyl (C=O) groups excluding carboxylic acids is 1. The van der Waals surface area contributed by atoms with Gasteiger partial charge in [-0.2, -0.15) is 0 Å². The van der Waals surface area contributed by atoms with Crippen molar-refractivity contribution in [2.75, 3.05) is 13.7 Å². The van der Waals surface area contributed by atoms with E-state index in [4.69, 9.17) is 4.74 Å². The van der Waals surface area contributed by atoms with Crippen LogP contribution in [0.15, 0.2) is 0 Å². The number of ether oxygens (including phenoxy) is 1. The van der Waals surface area contributed by atoms with Crippen LogP contribution in [0.3, 0.4) is 0 Å². The Morgan fingerprint density at radius 1 is 1.35 bits per heavy atom. The second kappa shape index (κ2) is 7.00. The van der Waals surface area contributed by atoms with E-state index < -0.39 is 5.54 Å². The molecule has 0 amide bonds. The van der Waals surface area contributed by atoms with Gasteiger partial charge in [0, 0.05) is 0 Å². The van der Waals surface area contributed by atoms with Gasteiger partial charge in [0.2, 0.25) is 0 Å². The Balaban J connectivity index is 2.35. The highest BCUT2D eigenvalue weighted by Crippen LogP contribution is 2.29. The Hall–Kier alpha value is -0.570. The monoisotopic (exact) mass is 241 g/mol. The van der Waals surface area contributed by atoms with Crippen LogP contribution in [0.4, 0.5) is 0 Å². The normalized spacial score (nSPS) is 18.8. The summed E-state index contributed by atoms with van der Waals surface area (Å²) in [7, 11) is 1.48. The molecule has 0 aliphatic heterocycles. The fraction of sp³-hybridized carbons (Fsp3) is 0.929. The van der Waals surface area contributed by atoms with Crippen LogP contribution in [-0.4, -0.2) is 25.2 Å². The Morgan fingerprint density at radius 2 is 2.06 bits per heavy atom. The highest BCUT2D eigenvalue weighted by Gasteiger charge is 2.35. The summed E-state index contributed by atoms with van der Waals surface area (Å²) in [6.07, 6.45) is 8.27. The van der Waals surface area contributed by atoms with E-state index >= 15 is 0 Å². The standard InChI is InChI=1S/C14H27NO2/c1-4-5-6-7-10-14(2,13(16)17-3)15-11-12-8-9-12/h12,15H,4-11H2,1-3H3. The third kappa shape index (κ3) is 5.07. The number of methoxy groups -OCH3 is 1. The van der Waals surface area contributed by atoms with E-state index in [9.17, 15) is 4.79 Å². The van der Waals surface area contributed by atoms with Crippen molar-refractivity contribution in [3.63, 3.8) is 0 Å². The summed E-state index contributed by atoms with van der Waals surface area (Å²) in [6, 6.07) is 0. The summed E-state index contributed by atoms with van der Waals surface area (Å²) in [5, 5.41) is 3.41. The molecule has 1 N–H and O–H groups in total. The van der Waals surface area contributed by atoms with E-state index in [2.05, 4.69) is 12.2 Å². The maximum atomic E-state index is 11.8. The van der Waals surface area contributed by atoms with Gasteiger partial charge in [-0.3, -0.25) is 4.79 Å². The lowest BCUT2D eigenvalue weighted by atomic mass is 9.94. The van der Waals surface area contributed by atoms with Crippen LogP contribution < -0.4 is 5.32 Å². The minimum atomic E-state index is -0.481. The van der Waals surface area contributed by atoms with E-state index in [1.54, 1.807) is 0 Å². The molecule has 3 heteroatoms. The molecule has 3 nitrogen and oxygen atoms in total. The first kappa shape index (κ1) is 14.5. The first-order valence-corrected chi connectivity index (χ1v) is 6.96. The molecular weight excluding hydrogens is 214 g/mol. The van der Waals surface area contributed by atoms with Crippen LogP contribution in [0.2, 0.25) is 0 Å². The number of esters is 1. The van der Waals surface area contributed by atoms with Crippen molar-refractivity contribution in [1.82, 2.24) is 5.32 Å². The van der Waals surface area contributed by atoms with Gasteiger partial charge in [-0.15, -0.1) is 0 Å². The smallest absolute Gasteiger partial charge is 0.325 e. The van der Waals surface area contributed by atoms with Crippen LogP contribution in [0, 0.1) is 5.92 Å². The second-order valence-electron chi connectivity index (χ2n) is 5.46. The first-order valence-electron chi connectivity index (χ1n) is 6.96. The van der Waals surface area contributed by atoms with Crippen LogP contribution in [0.25, 0.3) is 0 Å². The minimum Gasteiger partial charge on any atom is -0.468 e. The summed E-state index contributed by atoms with van der Waals surface area (Å²) in [5.41, 5.74) is -0.481. The van der Waals surface area contributed by atoms with Gasteiger partial charge >= 0.3 is 5.97 Å². The van der Waals surface area contributed by atoms with E-state index in [0.29, 0.717) is 0 Å². The highest BCUT2D eigenvalue weighted by molar-refractivity contribution is 5.80. The van der Waals surface area contributed by atoms with Gasteiger partial charge in [0.05, 0.1) is 7.11 Å². The maximum Gasteiger partial charge on any atom is 0.325 e. The Bertz CT molecular complexity index is 238. The van der Waals surface area contributed by atoms with Crippen molar-refractivity contribution in [1.29, 1.82) is 0 Å². The van der Waals surface area contributed by atoms with Crippen molar-refractivity contribution >= 4 is 5.97 Å². The average molecular weight is 241 g/mol.